The number of aliphatic hydroxyl groups is 1. The van der Waals surface area contributed by atoms with Gasteiger partial charge < -0.3 is 19.3 Å². The van der Waals surface area contributed by atoms with Crippen molar-refractivity contribution in [2.24, 2.45) is 0 Å². The molecule has 244 valence electrons. The molecule has 1 amide bonds. The zero-order valence-corrected chi connectivity index (χ0v) is 27.8. The summed E-state index contributed by atoms with van der Waals surface area (Å²) < 4.78 is 32.5. The van der Waals surface area contributed by atoms with E-state index in [2.05, 4.69) is 17.1 Å². The topological polar surface area (TPSA) is 111 Å². The number of anilines is 1. The van der Waals surface area contributed by atoms with Gasteiger partial charge in [-0.05, 0) is 73.4 Å². The van der Waals surface area contributed by atoms with Gasteiger partial charge in [0.1, 0.15) is 23.4 Å². The largest absolute Gasteiger partial charge is 0.507 e. The molecule has 1 saturated heterocycles. The van der Waals surface area contributed by atoms with Gasteiger partial charge in [0.15, 0.2) is 15.8 Å². The average Bonchev–Trinajstić information content (AvgIpc) is 3.76. The normalized spacial score (nSPS) is 18.3. The molecule has 0 radical (unpaired) electrons. The Balaban J connectivity index is 1.42. The number of ether oxygens (including phenoxy) is 3. The number of unbranched alkanes of at least 4 members (excludes halogenated alkanes) is 1. The molecule has 1 aromatic heterocycles. The van der Waals surface area contributed by atoms with E-state index in [-0.39, 0.29) is 28.4 Å². The molecular formula is C35H34FN3O6S2. The third kappa shape index (κ3) is 6.70. The van der Waals surface area contributed by atoms with Crippen LogP contribution < -0.4 is 19.1 Å². The number of thioether (sulfide) groups is 1. The molecule has 47 heavy (non-hydrogen) atoms. The van der Waals surface area contributed by atoms with Gasteiger partial charge in [0.05, 0.1) is 24.8 Å². The summed E-state index contributed by atoms with van der Waals surface area (Å²) in [5.74, 6) is -0.312. The molecule has 0 aliphatic carbocycles. The van der Waals surface area contributed by atoms with E-state index < -0.39 is 17.7 Å². The van der Waals surface area contributed by atoms with Gasteiger partial charge in [-0.1, -0.05) is 60.7 Å². The minimum atomic E-state index is -1.04. The maximum atomic E-state index is 14.2. The van der Waals surface area contributed by atoms with Gasteiger partial charge in [0.2, 0.25) is 5.13 Å². The van der Waals surface area contributed by atoms with Crippen LogP contribution in [0.2, 0.25) is 0 Å². The van der Waals surface area contributed by atoms with Gasteiger partial charge in [0, 0.05) is 17.7 Å². The fraction of sp³-hybridized carbons (Fsp3) is 0.314. The van der Waals surface area contributed by atoms with E-state index in [1.54, 1.807) is 54.6 Å². The third-order valence-electron chi connectivity index (χ3n) is 7.86. The van der Waals surface area contributed by atoms with Crippen LogP contribution in [0.3, 0.4) is 0 Å². The second-order valence-electron chi connectivity index (χ2n) is 11.2. The molecule has 1 N–H and O–H groups in total. The first-order valence-electron chi connectivity index (χ1n) is 15.5. The minimum absolute atomic E-state index is 0.00845. The van der Waals surface area contributed by atoms with Crippen LogP contribution in [0.15, 0.2) is 70.6 Å². The number of amides is 1. The maximum absolute atomic E-state index is 14.2. The number of ketones is 1. The minimum Gasteiger partial charge on any atom is -0.507 e. The summed E-state index contributed by atoms with van der Waals surface area (Å²) in [6.07, 6.45) is 2.48. The van der Waals surface area contributed by atoms with Crippen molar-refractivity contribution in [3.8, 4) is 17.2 Å². The lowest BCUT2D eigenvalue weighted by molar-refractivity contribution is -0.132. The average molecular weight is 676 g/mol. The fourth-order valence-electron chi connectivity index (χ4n) is 5.59. The Morgan fingerprint density at radius 1 is 1.09 bits per heavy atom. The molecule has 2 aliphatic heterocycles. The molecule has 3 heterocycles. The summed E-state index contributed by atoms with van der Waals surface area (Å²) in [6, 6.07) is 15.9. The quantitative estimate of drug-likeness (QED) is 0.0408. The molecule has 0 bridgehead atoms. The maximum Gasteiger partial charge on any atom is 0.301 e. The highest BCUT2D eigenvalue weighted by molar-refractivity contribution is 8.00. The van der Waals surface area contributed by atoms with Gasteiger partial charge >= 0.3 is 5.91 Å². The number of carbonyl (C=O) groups is 2. The first-order valence-corrected chi connectivity index (χ1v) is 17.3. The number of Topliss-reactive ketones (excluding diaryl/α,β-unsaturated/α-hetero) is 1. The Morgan fingerprint density at radius 3 is 2.70 bits per heavy atom. The number of aliphatic hydroxyl groups excluding tert-OH is 1. The second kappa shape index (κ2) is 14.1. The number of halogens is 1. The fourth-order valence-corrected chi connectivity index (χ4v) is 7.45. The lowest BCUT2D eigenvalue weighted by atomic mass is 9.94. The van der Waals surface area contributed by atoms with Crippen molar-refractivity contribution in [1.29, 1.82) is 0 Å². The lowest BCUT2D eigenvalue weighted by Crippen LogP contribution is -2.29. The van der Waals surface area contributed by atoms with Crippen LogP contribution in [0.1, 0.15) is 61.9 Å². The third-order valence-corrected chi connectivity index (χ3v) is 9.97. The van der Waals surface area contributed by atoms with Crippen LogP contribution in [-0.2, 0) is 21.8 Å². The Labute approximate surface area is 280 Å². The molecule has 1 fully saturated rings. The van der Waals surface area contributed by atoms with E-state index >= 15 is 0 Å². The van der Waals surface area contributed by atoms with E-state index in [1.165, 1.54) is 22.7 Å². The zero-order chi connectivity index (χ0) is 33.1. The predicted octanol–water partition coefficient (Wildman–Crippen LogP) is 7.50. The standard InChI is InChI=1S/C35H34FN3O6S2/c1-4-6-15-44-27-14-11-21(18-28(27)43-5-2)30-29(31(40)22-12-13-26-24(17-22)16-20(3)45-26)32(41)33(42)39(30)34-37-38-35(47-34)46-19-23-9-7-8-10-25(23)36/h7-14,17-18,20,30,40H,4-6,15-16,19H2,1-3H3/t20-,30+/m0/s1. The molecular weight excluding hydrogens is 642 g/mol. The number of hydrogen-bond acceptors (Lipinski definition) is 10. The SMILES string of the molecule is CCCCOc1ccc([C@@H]2C(=C(O)c3ccc4c(c3)C[C@H](C)O4)C(=O)C(=O)N2c2nnc(SCc3ccccc3F)s2)cc1OCC. The smallest absolute Gasteiger partial charge is 0.301 e. The summed E-state index contributed by atoms with van der Waals surface area (Å²) in [5, 5.41) is 20.4. The number of fused-ring (bicyclic) bond motifs is 1. The van der Waals surface area contributed by atoms with Crippen LogP contribution in [0, 0.1) is 5.82 Å². The molecule has 2 aliphatic rings. The predicted molar refractivity (Wildman–Crippen MR) is 179 cm³/mol. The highest BCUT2D eigenvalue weighted by Crippen LogP contribution is 2.46. The van der Waals surface area contributed by atoms with Crippen molar-refractivity contribution in [3.63, 3.8) is 0 Å². The molecule has 6 rings (SSSR count). The van der Waals surface area contributed by atoms with Gasteiger partial charge in [-0.25, -0.2) is 4.39 Å². The van der Waals surface area contributed by atoms with Crippen LogP contribution >= 0.6 is 23.1 Å². The zero-order valence-electron chi connectivity index (χ0n) is 26.2. The van der Waals surface area contributed by atoms with Crippen LogP contribution in [-0.4, -0.2) is 46.3 Å². The molecule has 9 nitrogen and oxygen atoms in total. The monoisotopic (exact) mass is 675 g/mol. The Kier molecular flexibility index (Phi) is 9.79. The van der Waals surface area contributed by atoms with E-state index in [4.69, 9.17) is 14.2 Å². The molecule has 0 unspecified atom stereocenters. The van der Waals surface area contributed by atoms with E-state index in [0.29, 0.717) is 57.9 Å². The molecule has 3 aromatic carbocycles. The van der Waals surface area contributed by atoms with Crippen molar-refractivity contribution in [3.05, 3.63) is 94.3 Å². The van der Waals surface area contributed by atoms with Gasteiger partial charge in [0.25, 0.3) is 5.78 Å². The summed E-state index contributed by atoms with van der Waals surface area (Å²) in [4.78, 5) is 28.9. The molecule has 2 atom stereocenters. The summed E-state index contributed by atoms with van der Waals surface area (Å²) in [7, 11) is 0. The van der Waals surface area contributed by atoms with E-state index in [9.17, 15) is 19.1 Å². The number of aromatic nitrogens is 2. The van der Waals surface area contributed by atoms with Crippen molar-refractivity contribution in [2.75, 3.05) is 18.1 Å². The van der Waals surface area contributed by atoms with Crippen molar-refractivity contribution >= 4 is 45.7 Å². The first kappa shape index (κ1) is 32.5. The first-order chi connectivity index (χ1) is 22.8. The molecule has 12 heteroatoms. The number of benzene rings is 3. The van der Waals surface area contributed by atoms with Crippen LogP contribution in [0.5, 0.6) is 17.2 Å². The Hall–Kier alpha value is -4.42. The van der Waals surface area contributed by atoms with Crippen molar-refractivity contribution < 1.29 is 33.3 Å². The lowest BCUT2D eigenvalue weighted by Gasteiger charge is -2.23. The molecule has 4 aromatic rings. The summed E-state index contributed by atoms with van der Waals surface area (Å²) in [6.45, 7) is 6.76. The van der Waals surface area contributed by atoms with Crippen molar-refractivity contribution in [2.45, 2.75) is 62.3 Å². The number of rotatable bonds is 12. The van der Waals surface area contributed by atoms with Gasteiger partial charge in [-0.2, -0.15) is 0 Å². The Bertz CT molecular complexity index is 1840. The number of hydrogen-bond donors (Lipinski definition) is 1. The van der Waals surface area contributed by atoms with Gasteiger partial charge in [-0.3, -0.25) is 14.5 Å². The highest BCUT2D eigenvalue weighted by atomic mass is 32.2. The van der Waals surface area contributed by atoms with Gasteiger partial charge in [-0.15, -0.1) is 10.2 Å². The summed E-state index contributed by atoms with van der Waals surface area (Å²) >= 11 is 2.39. The summed E-state index contributed by atoms with van der Waals surface area (Å²) in [5.41, 5.74) is 2.24. The molecule has 0 spiro atoms. The van der Waals surface area contributed by atoms with E-state index in [1.807, 2.05) is 13.8 Å². The van der Waals surface area contributed by atoms with Crippen LogP contribution in [0.4, 0.5) is 9.52 Å². The highest BCUT2D eigenvalue weighted by Gasteiger charge is 2.48. The van der Waals surface area contributed by atoms with E-state index in [0.717, 1.165) is 35.5 Å². The number of nitrogens with zero attached hydrogens (tertiary/aromatic N) is 3. The van der Waals surface area contributed by atoms with Crippen molar-refractivity contribution in [1.82, 2.24) is 10.2 Å². The number of carbonyl (C=O) groups excluding carboxylic acids is 2. The Morgan fingerprint density at radius 2 is 1.91 bits per heavy atom. The second-order valence-corrected chi connectivity index (χ2v) is 13.4. The van der Waals surface area contributed by atoms with Crippen LogP contribution in [0.25, 0.3) is 5.76 Å². The molecule has 0 saturated carbocycles.